The molecule has 1 unspecified atom stereocenters. The Morgan fingerprint density at radius 1 is 1.11 bits per heavy atom. The minimum atomic E-state index is 0.356. The summed E-state index contributed by atoms with van der Waals surface area (Å²) in [6.07, 6.45) is 5.00. The Morgan fingerprint density at radius 3 is 2.47 bits per heavy atom. The summed E-state index contributed by atoms with van der Waals surface area (Å²) in [7, 11) is 0. The highest BCUT2D eigenvalue weighted by Gasteiger charge is 2.05. The summed E-state index contributed by atoms with van der Waals surface area (Å²) in [5, 5.41) is 3.65. The summed E-state index contributed by atoms with van der Waals surface area (Å²) in [4.78, 5) is 0. The molecule has 0 saturated heterocycles. The zero-order chi connectivity index (χ0) is 13.9. The highest BCUT2D eigenvalue weighted by Crippen LogP contribution is 2.05. The topological polar surface area (TPSA) is 21.3 Å². The van der Waals surface area contributed by atoms with Gasteiger partial charge in [0.05, 0.1) is 6.10 Å². The Balaban J connectivity index is 2.12. The van der Waals surface area contributed by atoms with Crippen LogP contribution >= 0.6 is 0 Å². The van der Waals surface area contributed by atoms with Gasteiger partial charge in [-0.3, -0.25) is 0 Å². The summed E-state index contributed by atoms with van der Waals surface area (Å²) >= 11 is 0. The van der Waals surface area contributed by atoms with Crippen LogP contribution in [-0.2, 0) is 11.2 Å². The second-order valence-electron chi connectivity index (χ2n) is 5.38. The number of unbranched alkanes of at least 4 members (excludes halogenated alkanes) is 1. The van der Waals surface area contributed by atoms with Crippen molar-refractivity contribution in [2.75, 3.05) is 13.2 Å². The van der Waals surface area contributed by atoms with Crippen molar-refractivity contribution in [3.63, 3.8) is 0 Å². The van der Waals surface area contributed by atoms with E-state index >= 15 is 0 Å². The molecule has 1 N–H and O–H groups in total. The fourth-order valence-corrected chi connectivity index (χ4v) is 2.11. The van der Waals surface area contributed by atoms with Gasteiger partial charge in [-0.05, 0) is 51.6 Å². The lowest BCUT2D eigenvalue weighted by atomic mass is 10.0. The number of rotatable bonds is 10. The number of hydrogen-bond acceptors (Lipinski definition) is 2. The molecule has 0 aliphatic heterocycles. The highest BCUT2D eigenvalue weighted by atomic mass is 16.5. The average molecular weight is 263 g/mol. The van der Waals surface area contributed by atoms with Gasteiger partial charge in [0, 0.05) is 12.6 Å². The van der Waals surface area contributed by atoms with Crippen LogP contribution in [0.5, 0.6) is 0 Å². The lowest BCUT2D eigenvalue weighted by Gasteiger charge is -2.17. The Morgan fingerprint density at radius 2 is 1.84 bits per heavy atom. The molecule has 1 rings (SSSR count). The largest absolute Gasteiger partial charge is 0.379 e. The van der Waals surface area contributed by atoms with E-state index in [0.717, 1.165) is 26.0 Å². The van der Waals surface area contributed by atoms with Crippen molar-refractivity contribution in [2.24, 2.45) is 0 Å². The van der Waals surface area contributed by atoms with Crippen LogP contribution in [0.2, 0.25) is 0 Å². The van der Waals surface area contributed by atoms with Crippen LogP contribution in [-0.4, -0.2) is 25.3 Å². The highest BCUT2D eigenvalue weighted by molar-refractivity contribution is 5.15. The molecule has 2 nitrogen and oxygen atoms in total. The minimum Gasteiger partial charge on any atom is -0.379 e. The predicted octanol–water partition coefficient (Wildman–Crippen LogP) is 3.80. The van der Waals surface area contributed by atoms with Gasteiger partial charge in [0.2, 0.25) is 0 Å². The van der Waals surface area contributed by atoms with Gasteiger partial charge >= 0.3 is 0 Å². The maximum Gasteiger partial charge on any atom is 0.0518 e. The monoisotopic (exact) mass is 263 g/mol. The second-order valence-corrected chi connectivity index (χ2v) is 5.38. The lowest BCUT2D eigenvalue weighted by Crippen LogP contribution is -2.31. The molecule has 0 heterocycles. The van der Waals surface area contributed by atoms with Gasteiger partial charge < -0.3 is 10.1 Å². The van der Waals surface area contributed by atoms with E-state index in [-0.39, 0.29) is 0 Å². The fourth-order valence-electron chi connectivity index (χ4n) is 2.11. The van der Waals surface area contributed by atoms with Gasteiger partial charge in [-0.25, -0.2) is 0 Å². The fraction of sp³-hybridized carbons (Fsp3) is 0.647. The first-order valence-electron chi connectivity index (χ1n) is 7.61. The summed E-state index contributed by atoms with van der Waals surface area (Å²) in [6, 6.07) is 11.3. The van der Waals surface area contributed by atoms with Crippen molar-refractivity contribution in [1.82, 2.24) is 5.32 Å². The van der Waals surface area contributed by atoms with Crippen LogP contribution in [0.15, 0.2) is 30.3 Å². The van der Waals surface area contributed by atoms with Crippen molar-refractivity contribution >= 4 is 0 Å². The van der Waals surface area contributed by atoms with E-state index in [1.807, 2.05) is 0 Å². The molecule has 0 bridgehead atoms. The van der Waals surface area contributed by atoms with Gasteiger partial charge in [0.25, 0.3) is 0 Å². The quantitative estimate of drug-likeness (QED) is 0.648. The van der Waals surface area contributed by atoms with Crippen LogP contribution in [0.1, 0.15) is 45.6 Å². The van der Waals surface area contributed by atoms with Crippen LogP contribution in [0.25, 0.3) is 0 Å². The predicted molar refractivity (Wildman–Crippen MR) is 82.5 cm³/mol. The first-order valence-corrected chi connectivity index (χ1v) is 7.61. The summed E-state index contributed by atoms with van der Waals surface area (Å²) in [6.45, 7) is 8.40. The molecule has 0 aliphatic rings. The molecule has 19 heavy (non-hydrogen) atoms. The number of hydrogen-bond donors (Lipinski definition) is 1. The van der Waals surface area contributed by atoms with Crippen molar-refractivity contribution in [1.29, 1.82) is 0 Å². The smallest absolute Gasteiger partial charge is 0.0518 e. The summed E-state index contributed by atoms with van der Waals surface area (Å²) in [5.41, 5.74) is 1.42. The number of benzene rings is 1. The Bertz CT molecular complexity index is 310. The number of nitrogens with one attached hydrogen (secondary N) is 1. The molecule has 0 aromatic heterocycles. The van der Waals surface area contributed by atoms with Gasteiger partial charge in [-0.2, -0.15) is 0 Å². The van der Waals surface area contributed by atoms with Gasteiger partial charge in [-0.1, -0.05) is 37.3 Å². The Hall–Kier alpha value is -0.860. The normalized spacial score (nSPS) is 12.8. The standard InChI is InChI=1S/C17H29NO/c1-4-17(14-16-10-6-5-7-11-16)18-12-8-9-13-19-15(2)3/h5-7,10-11,15,17-18H,4,8-9,12-14H2,1-3H3. The van der Waals surface area contributed by atoms with Crippen LogP contribution in [0, 0.1) is 0 Å². The van der Waals surface area contributed by atoms with E-state index in [0.29, 0.717) is 12.1 Å². The van der Waals surface area contributed by atoms with Crippen molar-refractivity contribution < 1.29 is 4.74 Å². The molecule has 0 spiro atoms. The Kier molecular flexibility index (Phi) is 8.52. The van der Waals surface area contributed by atoms with E-state index in [1.165, 1.54) is 18.4 Å². The SMILES string of the molecule is CCC(Cc1ccccc1)NCCCCOC(C)C. The molecular formula is C17H29NO. The molecule has 2 heteroatoms. The molecule has 1 aromatic rings. The van der Waals surface area contributed by atoms with Crippen molar-refractivity contribution in [2.45, 2.75) is 58.6 Å². The number of ether oxygens (including phenoxy) is 1. The van der Waals surface area contributed by atoms with E-state index in [2.05, 4.69) is 56.4 Å². The molecule has 0 aliphatic carbocycles. The van der Waals surface area contributed by atoms with Crippen LogP contribution in [0.3, 0.4) is 0 Å². The molecule has 0 radical (unpaired) electrons. The molecule has 0 fully saturated rings. The van der Waals surface area contributed by atoms with Crippen LogP contribution < -0.4 is 5.32 Å². The van der Waals surface area contributed by atoms with E-state index in [9.17, 15) is 0 Å². The molecule has 0 amide bonds. The molecule has 0 saturated carbocycles. The van der Waals surface area contributed by atoms with E-state index in [4.69, 9.17) is 4.74 Å². The minimum absolute atomic E-state index is 0.356. The van der Waals surface area contributed by atoms with E-state index in [1.54, 1.807) is 0 Å². The van der Waals surface area contributed by atoms with Crippen molar-refractivity contribution in [3.8, 4) is 0 Å². The van der Waals surface area contributed by atoms with Gasteiger partial charge in [0.1, 0.15) is 0 Å². The lowest BCUT2D eigenvalue weighted by molar-refractivity contribution is 0.0759. The summed E-state index contributed by atoms with van der Waals surface area (Å²) in [5.74, 6) is 0. The van der Waals surface area contributed by atoms with E-state index < -0.39 is 0 Å². The maximum atomic E-state index is 5.54. The second kappa shape index (κ2) is 9.99. The van der Waals surface area contributed by atoms with Crippen LogP contribution in [0.4, 0.5) is 0 Å². The maximum absolute atomic E-state index is 5.54. The molecule has 1 atom stereocenters. The molecule has 1 aromatic carbocycles. The van der Waals surface area contributed by atoms with Gasteiger partial charge in [0.15, 0.2) is 0 Å². The zero-order valence-corrected chi connectivity index (χ0v) is 12.7. The first kappa shape index (κ1) is 16.2. The molecular weight excluding hydrogens is 234 g/mol. The molecule has 108 valence electrons. The summed E-state index contributed by atoms with van der Waals surface area (Å²) < 4.78 is 5.54. The first-order chi connectivity index (χ1) is 9.22. The third-order valence-corrected chi connectivity index (χ3v) is 3.27. The third kappa shape index (κ3) is 8.02. The zero-order valence-electron chi connectivity index (χ0n) is 12.7. The van der Waals surface area contributed by atoms with Crippen molar-refractivity contribution in [3.05, 3.63) is 35.9 Å². The third-order valence-electron chi connectivity index (χ3n) is 3.27. The Labute approximate surface area is 118 Å². The average Bonchev–Trinajstić information content (AvgIpc) is 2.42. The van der Waals surface area contributed by atoms with Gasteiger partial charge in [-0.15, -0.1) is 0 Å².